The van der Waals surface area contributed by atoms with E-state index in [2.05, 4.69) is 26.0 Å². The minimum absolute atomic E-state index is 0.0352. The number of thiazole rings is 1. The number of nitrogens with zero attached hydrogens (tertiary/aromatic N) is 2. The van der Waals surface area contributed by atoms with E-state index in [4.69, 9.17) is 9.57 Å². The number of rotatable bonds is 9. The van der Waals surface area contributed by atoms with Crippen molar-refractivity contribution >= 4 is 43.7 Å². The molecule has 0 bridgehead atoms. The third-order valence-electron chi connectivity index (χ3n) is 4.07. The van der Waals surface area contributed by atoms with Gasteiger partial charge in [-0.3, -0.25) is 10.1 Å². The van der Waals surface area contributed by atoms with Gasteiger partial charge in [-0.25, -0.2) is 22.7 Å². The predicted molar refractivity (Wildman–Crippen MR) is 112 cm³/mol. The van der Waals surface area contributed by atoms with Crippen LogP contribution in [0.5, 0.6) is 0 Å². The number of ether oxygens (including phenoxy) is 1. The van der Waals surface area contributed by atoms with Crippen molar-refractivity contribution in [2.45, 2.75) is 23.8 Å². The first-order valence-corrected chi connectivity index (χ1v) is 11.5. The average Bonchev–Trinajstić information content (AvgIpc) is 3.39. The highest BCUT2D eigenvalue weighted by Gasteiger charge is 2.21. The fraction of sp³-hybridized carbons (Fsp3) is 0.333. The van der Waals surface area contributed by atoms with Crippen molar-refractivity contribution < 1.29 is 31.7 Å². The summed E-state index contributed by atoms with van der Waals surface area (Å²) in [6, 6.07) is 5.63. The number of hydrogen-bond acceptors (Lipinski definition) is 7. The molecule has 2 N–H and O–H groups in total. The van der Waals surface area contributed by atoms with Crippen LogP contribution in [-0.4, -0.2) is 59.0 Å². The zero-order valence-corrected chi connectivity index (χ0v) is 17.7. The number of oxime groups is 1. The second-order valence-electron chi connectivity index (χ2n) is 6.39. The number of benzene rings is 1. The Morgan fingerprint density at radius 3 is 2.74 bits per heavy atom. The van der Waals surface area contributed by atoms with Gasteiger partial charge in [-0.1, -0.05) is 28.6 Å². The van der Waals surface area contributed by atoms with Crippen molar-refractivity contribution in [3.8, 4) is 0 Å². The molecule has 1 aromatic carbocycles. The van der Waals surface area contributed by atoms with E-state index in [1.807, 2.05) is 0 Å². The Morgan fingerprint density at radius 1 is 1.42 bits per heavy atom. The van der Waals surface area contributed by atoms with Gasteiger partial charge in [-0.2, -0.15) is 4.39 Å². The van der Waals surface area contributed by atoms with Gasteiger partial charge < -0.3 is 9.57 Å². The molecule has 1 amide bonds. The normalized spacial score (nSPS) is 18.7. The van der Waals surface area contributed by atoms with Crippen LogP contribution in [0.3, 0.4) is 0 Å². The van der Waals surface area contributed by atoms with E-state index in [1.54, 1.807) is 0 Å². The lowest BCUT2D eigenvalue weighted by atomic mass is 10.1. The van der Waals surface area contributed by atoms with E-state index >= 15 is 0 Å². The van der Waals surface area contributed by atoms with E-state index in [1.165, 1.54) is 24.3 Å². The molecule has 1 fully saturated rings. The van der Waals surface area contributed by atoms with Crippen molar-refractivity contribution in [2.75, 3.05) is 25.1 Å². The predicted octanol–water partition coefficient (Wildman–Crippen LogP) is 2.28. The highest BCUT2D eigenvalue weighted by Crippen LogP contribution is 2.18. The molecule has 0 saturated carbocycles. The molecule has 0 aliphatic carbocycles. The topological polar surface area (TPSA) is 102 Å². The molecule has 2 atom stereocenters. The van der Waals surface area contributed by atoms with Gasteiger partial charge >= 0.3 is 0 Å². The number of hydrogen-bond donors (Lipinski definition) is 2. The lowest BCUT2D eigenvalue weighted by molar-refractivity contribution is -0.110. The third-order valence-corrected chi connectivity index (χ3v) is 6.44. The SMILES string of the molecule is C=S(=O)(NCC(F)F)c1ccc(/C(=N\O[C@@H]2CCOC2)C(=O)Nc2ncc(F)s2)cc1. The van der Waals surface area contributed by atoms with Gasteiger partial charge in [0.2, 0.25) is 0 Å². The molecule has 1 aliphatic heterocycles. The minimum Gasteiger partial charge on any atom is -0.389 e. The summed E-state index contributed by atoms with van der Waals surface area (Å²) < 4.78 is 57.9. The van der Waals surface area contributed by atoms with Crippen molar-refractivity contribution in [1.82, 2.24) is 9.71 Å². The van der Waals surface area contributed by atoms with Crippen LogP contribution in [0.2, 0.25) is 0 Å². The molecular formula is C18H19F3N4O4S2. The number of carbonyl (C=O) groups is 1. The van der Waals surface area contributed by atoms with Gasteiger partial charge in [0.25, 0.3) is 12.3 Å². The lowest BCUT2D eigenvalue weighted by Gasteiger charge is -2.13. The van der Waals surface area contributed by atoms with Gasteiger partial charge in [-0.05, 0) is 18.0 Å². The molecule has 2 aromatic rings. The van der Waals surface area contributed by atoms with E-state index < -0.39 is 33.7 Å². The summed E-state index contributed by atoms with van der Waals surface area (Å²) in [4.78, 5) is 22.0. The van der Waals surface area contributed by atoms with Crippen LogP contribution >= 0.6 is 11.3 Å². The Hall–Kier alpha value is -2.48. The Labute approximate surface area is 180 Å². The minimum atomic E-state index is -3.16. The van der Waals surface area contributed by atoms with E-state index in [0.717, 1.165) is 6.20 Å². The van der Waals surface area contributed by atoms with E-state index in [0.29, 0.717) is 36.5 Å². The van der Waals surface area contributed by atoms with E-state index in [9.17, 15) is 22.2 Å². The second kappa shape index (κ2) is 10.2. The van der Waals surface area contributed by atoms with Crippen molar-refractivity contribution in [1.29, 1.82) is 0 Å². The number of amides is 1. The molecular weight excluding hydrogens is 457 g/mol. The zero-order chi connectivity index (χ0) is 22.4. The standard InChI is InChI=1S/C18H19F3N4O4S2/c1-31(27,23-8-14(19)20)13-4-2-11(3-5-13)16(25-29-12-6-7-28-10-12)17(26)24-18-22-9-15(21)30-18/h2-5,9,12,14H,1,6-8,10H2,(H,23,27)(H,22,24,26)/b25-16+/t12-,31?/m1/s1. The van der Waals surface area contributed by atoms with Crippen LogP contribution < -0.4 is 10.0 Å². The van der Waals surface area contributed by atoms with Crippen LogP contribution in [0.4, 0.5) is 18.3 Å². The molecule has 2 heterocycles. The van der Waals surface area contributed by atoms with Gasteiger partial charge in [-0.15, -0.1) is 0 Å². The number of alkyl halides is 2. The van der Waals surface area contributed by atoms with Crippen LogP contribution in [0.15, 0.2) is 40.5 Å². The van der Waals surface area contributed by atoms with Gasteiger partial charge in [0.05, 0.1) is 35.7 Å². The van der Waals surface area contributed by atoms with Crippen LogP contribution in [0.25, 0.3) is 0 Å². The highest BCUT2D eigenvalue weighted by atomic mass is 32.2. The fourth-order valence-electron chi connectivity index (χ4n) is 2.53. The van der Waals surface area contributed by atoms with Crippen LogP contribution in [0, 0.1) is 5.13 Å². The van der Waals surface area contributed by atoms with Crippen molar-refractivity contribution in [3.05, 3.63) is 41.2 Å². The van der Waals surface area contributed by atoms with E-state index in [-0.39, 0.29) is 21.8 Å². The first kappa shape index (κ1) is 23.2. The number of carbonyl (C=O) groups excluding carboxylic acids is 1. The second-order valence-corrected chi connectivity index (χ2v) is 9.49. The summed E-state index contributed by atoms with van der Waals surface area (Å²) in [6.07, 6.45) is -1.43. The molecule has 1 aromatic heterocycles. The summed E-state index contributed by atoms with van der Waals surface area (Å²) in [5.41, 5.74) is 0.159. The summed E-state index contributed by atoms with van der Waals surface area (Å²) in [5, 5.41) is 5.84. The smallest absolute Gasteiger partial charge is 0.280 e. The van der Waals surface area contributed by atoms with Gasteiger partial charge in [0.15, 0.2) is 22.1 Å². The molecule has 168 valence electrons. The fourth-order valence-corrected chi connectivity index (χ4v) is 4.21. The number of aromatic nitrogens is 1. The Balaban J connectivity index is 1.82. The molecule has 1 unspecified atom stereocenters. The Morgan fingerprint density at radius 2 is 2.16 bits per heavy atom. The third kappa shape index (κ3) is 6.50. The highest BCUT2D eigenvalue weighted by molar-refractivity contribution is 7.98. The molecule has 1 saturated heterocycles. The molecule has 0 spiro atoms. The first-order chi connectivity index (χ1) is 14.7. The van der Waals surface area contributed by atoms with Gasteiger partial charge in [0, 0.05) is 16.9 Å². The molecule has 31 heavy (non-hydrogen) atoms. The largest absolute Gasteiger partial charge is 0.389 e. The molecule has 13 heteroatoms. The summed E-state index contributed by atoms with van der Waals surface area (Å²) in [7, 11) is -3.16. The van der Waals surface area contributed by atoms with Crippen LogP contribution in [0.1, 0.15) is 12.0 Å². The first-order valence-electron chi connectivity index (χ1n) is 8.99. The van der Waals surface area contributed by atoms with Crippen LogP contribution in [-0.2, 0) is 24.1 Å². The maximum Gasteiger partial charge on any atom is 0.280 e. The average molecular weight is 477 g/mol. The maximum absolute atomic E-state index is 13.2. The molecule has 0 radical (unpaired) electrons. The quantitative estimate of drug-likeness (QED) is 0.329. The molecule has 8 nitrogen and oxygen atoms in total. The Bertz CT molecular complexity index is 1040. The zero-order valence-electron chi connectivity index (χ0n) is 16.1. The molecule has 1 aliphatic rings. The summed E-state index contributed by atoms with van der Waals surface area (Å²) in [6.45, 7) is 0.0631. The lowest BCUT2D eigenvalue weighted by Crippen LogP contribution is -2.28. The van der Waals surface area contributed by atoms with Gasteiger partial charge in [0.1, 0.15) is 0 Å². The molecule has 3 rings (SSSR count). The Kier molecular flexibility index (Phi) is 7.64. The van der Waals surface area contributed by atoms with Crippen molar-refractivity contribution in [2.24, 2.45) is 5.16 Å². The number of anilines is 1. The monoisotopic (exact) mass is 476 g/mol. The number of nitrogens with one attached hydrogen (secondary N) is 2. The summed E-state index contributed by atoms with van der Waals surface area (Å²) >= 11 is 0.644. The van der Waals surface area contributed by atoms with Crippen molar-refractivity contribution in [3.63, 3.8) is 0 Å². The number of halogens is 3. The summed E-state index contributed by atoms with van der Waals surface area (Å²) in [5.74, 6) is 2.76. The maximum atomic E-state index is 13.2.